The largest absolute Gasteiger partial charge is 0.139 e. The van der Waals surface area contributed by atoms with Gasteiger partial charge in [0.05, 0.1) is 0 Å². The van der Waals surface area contributed by atoms with Crippen molar-refractivity contribution in [3.8, 4) is 0 Å². The Hall–Kier alpha value is -0.675. The molecule has 0 heterocycles. The Morgan fingerprint density at radius 2 is 0.614 bits per heavy atom. The van der Waals surface area contributed by atoms with E-state index in [1.807, 2.05) is 0 Å². The van der Waals surface area contributed by atoms with E-state index >= 15 is 0 Å². The lowest BCUT2D eigenvalue weighted by Crippen LogP contribution is -1.84. The fraction of sp³-hybridized carbons (Fsp3) is 0.884. The van der Waals surface area contributed by atoms with Crippen LogP contribution in [-0.4, -0.2) is 7.85 Å². The van der Waals surface area contributed by atoms with Crippen molar-refractivity contribution in [2.24, 2.45) is 0 Å². The van der Waals surface area contributed by atoms with Gasteiger partial charge in [0.25, 0.3) is 0 Å². The third-order valence-corrected chi connectivity index (χ3v) is 8.22. The fourth-order valence-electron chi connectivity index (χ4n) is 5.37. The maximum absolute atomic E-state index is 4.61. The van der Waals surface area contributed by atoms with Crippen molar-refractivity contribution in [1.82, 2.24) is 0 Å². The van der Waals surface area contributed by atoms with Gasteiger partial charge in [0, 0.05) is 0 Å². The van der Waals surface area contributed by atoms with E-state index in [0.29, 0.717) is 0 Å². The van der Waals surface area contributed by atoms with Crippen molar-refractivity contribution in [2.45, 2.75) is 247 Å². The summed E-state index contributed by atoms with van der Waals surface area (Å²) in [6.45, 7) is 20.2. The van der Waals surface area contributed by atoms with E-state index in [4.69, 9.17) is 0 Å². The van der Waals surface area contributed by atoms with Crippen LogP contribution in [0.5, 0.6) is 0 Å². The molecular formula is C43H87B. The minimum absolute atomic E-state index is 1.13. The monoisotopic (exact) mass is 615 g/mol. The first kappa shape index (κ1) is 50.2. The summed E-state index contributed by atoms with van der Waals surface area (Å²) in [6, 6.07) is 0. The Kier molecular flexibility index (Phi) is 62.5. The minimum Gasteiger partial charge on any atom is -0.139 e. The van der Waals surface area contributed by atoms with E-state index in [0.717, 1.165) is 6.42 Å². The molecule has 0 spiro atoms. The molecule has 0 fully saturated rings. The molecule has 0 bridgehead atoms. The molecule has 0 unspecified atom stereocenters. The quantitative estimate of drug-likeness (QED) is 0.0429. The second-order valence-corrected chi connectivity index (χ2v) is 13.0. The van der Waals surface area contributed by atoms with E-state index in [1.54, 1.807) is 0 Å². The van der Waals surface area contributed by atoms with E-state index in [-0.39, 0.29) is 0 Å². The first-order chi connectivity index (χ1) is 21.6. The van der Waals surface area contributed by atoms with Gasteiger partial charge in [0.1, 0.15) is 7.85 Å². The third-order valence-electron chi connectivity index (χ3n) is 8.22. The van der Waals surface area contributed by atoms with Gasteiger partial charge in [-0.1, -0.05) is 234 Å². The van der Waals surface area contributed by atoms with E-state index in [9.17, 15) is 0 Å². The van der Waals surface area contributed by atoms with Crippen molar-refractivity contribution < 1.29 is 0 Å². The molecule has 0 aliphatic rings. The molecule has 0 aromatic heterocycles. The summed E-state index contributed by atoms with van der Waals surface area (Å²) >= 11 is 0. The van der Waals surface area contributed by atoms with Crippen molar-refractivity contribution in [1.29, 1.82) is 0 Å². The summed E-state index contributed by atoms with van der Waals surface area (Å²) < 4.78 is 0. The Balaban J connectivity index is -0.000000309. The molecule has 0 nitrogen and oxygen atoms in total. The number of hydrogen-bond acceptors (Lipinski definition) is 0. The van der Waals surface area contributed by atoms with Crippen molar-refractivity contribution in [3.63, 3.8) is 0 Å². The summed E-state index contributed by atoms with van der Waals surface area (Å²) in [5.74, 6) is 1.25. The Morgan fingerprint density at radius 3 is 0.773 bits per heavy atom. The third kappa shape index (κ3) is 60.5. The molecule has 2 radical (unpaired) electrons. The number of unbranched alkanes of at least 4 members (excludes halogenated alkanes) is 27. The van der Waals surface area contributed by atoms with Crippen molar-refractivity contribution >= 4 is 7.85 Å². The summed E-state index contributed by atoms with van der Waals surface area (Å²) in [7, 11) is 4.61. The van der Waals surface area contributed by atoms with Crippen LogP contribution in [0.2, 0.25) is 0 Å². The highest BCUT2D eigenvalue weighted by atomic mass is 14.0. The van der Waals surface area contributed by atoms with Gasteiger partial charge in [-0.05, 0) is 24.8 Å². The summed E-state index contributed by atoms with van der Waals surface area (Å²) in [5, 5.41) is 0. The Labute approximate surface area is 284 Å². The Morgan fingerprint density at radius 1 is 0.432 bits per heavy atom. The van der Waals surface area contributed by atoms with Crippen LogP contribution < -0.4 is 0 Å². The van der Waals surface area contributed by atoms with Crippen LogP contribution in [0.15, 0.2) is 30.4 Å². The zero-order valence-electron chi connectivity index (χ0n) is 32.2. The van der Waals surface area contributed by atoms with Crippen LogP contribution in [0.3, 0.4) is 0 Å². The van der Waals surface area contributed by atoms with Gasteiger partial charge in [0.15, 0.2) is 0 Å². The molecule has 0 rings (SSSR count). The van der Waals surface area contributed by atoms with Crippen LogP contribution in [0.4, 0.5) is 0 Å². The van der Waals surface area contributed by atoms with E-state index in [2.05, 4.69) is 68.3 Å². The van der Waals surface area contributed by atoms with Crippen LogP contribution >= 0.6 is 0 Å². The first-order valence-corrected chi connectivity index (χ1v) is 20.3. The molecule has 0 N–H and O–H groups in total. The molecule has 0 amide bonds. The summed E-state index contributed by atoms with van der Waals surface area (Å²) in [5.41, 5.74) is 4.47. The number of allylic oxidation sites excluding steroid dienone is 1. The van der Waals surface area contributed by atoms with Gasteiger partial charge in [-0.15, -0.1) is 18.3 Å². The predicted molar refractivity (Wildman–Crippen MR) is 210 cm³/mol. The molecule has 0 aromatic carbocycles. The molecule has 0 saturated heterocycles. The highest BCUT2D eigenvalue weighted by molar-refractivity contribution is 6.16. The minimum atomic E-state index is 1.13. The molecule has 0 aliphatic heterocycles. The average molecular weight is 615 g/mol. The molecule has 44 heavy (non-hydrogen) atoms. The van der Waals surface area contributed by atoms with Gasteiger partial charge in [0.2, 0.25) is 0 Å². The second kappa shape index (κ2) is 54.8. The molecule has 0 aromatic rings. The van der Waals surface area contributed by atoms with Gasteiger partial charge in [-0.3, -0.25) is 0 Å². The van der Waals surface area contributed by atoms with Crippen LogP contribution in [0, 0.1) is 0 Å². The maximum atomic E-state index is 4.61. The summed E-state index contributed by atoms with van der Waals surface area (Å²) in [6.07, 6.45) is 45.6. The standard InChI is InChI=1S/C20H38.C18H38.C3H8.C2H3B/c1-4-7-8-9-10-11-12-13-14-15-16-17-18-19-20(5-2)6-3;1-3-5-7-9-11-13-15-17-18-16-14-12-10-8-6-4-2;1-3-2;1-2-3/h2,4,6-19H2,1,3H3;3-18H2,1-2H3;3H2,1-2H3;2H,1H2. The molecular weight excluding hydrogens is 527 g/mol. The second-order valence-electron chi connectivity index (χ2n) is 13.0. The molecule has 0 aliphatic carbocycles. The van der Waals surface area contributed by atoms with Gasteiger partial charge >= 0.3 is 0 Å². The first-order valence-electron chi connectivity index (χ1n) is 20.3. The van der Waals surface area contributed by atoms with E-state index in [1.165, 1.54) is 211 Å². The van der Waals surface area contributed by atoms with Crippen LogP contribution in [-0.2, 0) is 0 Å². The predicted octanol–water partition coefficient (Wildman–Crippen LogP) is 16.6. The van der Waals surface area contributed by atoms with Gasteiger partial charge < -0.3 is 0 Å². The zero-order chi connectivity index (χ0) is 33.6. The molecule has 0 saturated carbocycles. The topological polar surface area (TPSA) is 0 Å². The van der Waals surface area contributed by atoms with Crippen molar-refractivity contribution in [2.75, 3.05) is 0 Å². The van der Waals surface area contributed by atoms with Crippen LogP contribution in [0.25, 0.3) is 0 Å². The highest BCUT2D eigenvalue weighted by Crippen LogP contribution is 2.16. The zero-order valence-corrected chi connectivity index (χ0v) is 32.2. The highest BCUT2D eigenvalue weighted by Gasteiger charge is 1.96. The maximum Gasteiger partial charge on any atom is 0.102 e. The smallest absolute Gasteiger partial charge is 0.102 e. The lowest BCUT2D eigenvalue weighted by atomic mass is 10.0. The SMILES string of the molecule is C=C=C(CC)CCCCCCCCCCCCCCC.CCC.CCCCCCCCCCCCCCCCCC.[B]C=C. The van der Waals surface area contributed by atoms with Crippen LogP contribution in [0.1, 0.15) is 247 Å². The molecule has 262 valence electrons. The summed E-state index contributed by atoms with van der Waals surface area (Å²) in [4.78, 5) is 0. The lowest BCUT2D eigenvalue weighted by Gasteiger charge is -2.03. The van der Waals surface area contributed by atoms with Crippen molar-refractivity contribution in [3.05, 3.63) is 30.4 Å². The van der Waals surface area contributed by atoms with Gasteiger partial charge in [-0.25, -0.2) is 0 Å². The molecule has 1 heteroatoms. The lowest BCUT2D eigenvalue weighted by molar-refractivity contribution is 0.531. The van der Waals surface area contributed by atoms with E-state index < -0.39 is 0 Å². The van der Waals surface area contributed by atoms with Gasteiger partial charge in [-0.2, -0.15) is 0 Å². The fourth-order valence-corrected chi connectivity index (χ4v) is 5.37. The average Bonchev–Trinajstić information content (AvgIpc) is 3.02. The number of hydrogen-bond donors (Lipinski definition) is 0. The number of rotatable bonds is 30. The Bertz CT molecular complexity index is 485. The molecule has 0 atom stereocenters. The normalized spacial score (nSPS) is 9.95.